The molecule has 47 heavy (non-hydrogen) atoms. The molecule has 256 valence electrons. The standard InChI is InChI=1S/C35H51N5O6Si/c1-34(2,3)46-33(43)38-16-12-27(29(22-38)26-10-8-7-9-11-26)31(41)37-18-14-35(44,15-19-37)23-40-24-36-30-28(32(40)42)13-17-39(30)25-45-20-21-47(4,5)6/h7-11,13,17,24,27,29,44H,12,14-16,18-23,25H2,1-6H3/t27-,29+/m1/s1. The smallest absolute Gasteiger partial charge is 0.410 e. The average molecular weight is 666 g/mol. The fourth-order valence-electron chi connectivity index (χ4n) is 6.50. The lowest BCUT2D eigenvalue weighted by atomic mass is 9.79. The number of rotatable bonds is 9. The van der Waals surface area contributed by atoms with Gasteiger partial charge < -0.3 is 28.9 Å². The van der Waals surface area contributed by atoms with Crippen molar-refractivity contribution in [3.05, 3.63) is 64.8 Å². The minimum Gasteiger partial charge on any atom is -0.444 e. The van der Waals surface area contributed by atoms with Gasteiger partial charge in [0.25, 0.3) is 5.56 Å². The highest BCUT2D eigenvalue weighted by atomic mass is 28.3. The number of fused-ring (bicyclic) bond motifs is 1. The molecule has 0 aliphatic carbocycles. The third-order valence-corrected chi connectivity index (χ3v) is 11.0. The Kier molecular flexibility index (Phi) is 10.3. The van der Waals surface area contributed by atoms with Gasteiger partial charge >= 0.3 is 6.09 Å². The van der Waals surface area contributed by atoms with E-state index in [1.54, 1.807) is 11.0 Å². The summed E-state index contributed by atoms with van der Waals surface area (Å²) in [6, 6.07) is 12.7. The summed E-state index contributed by atoms with van der Waals surface area (Å²) in [5.41, 5.74) is -0.363. The molecule has 2 aliphatic heterocycles. The lowest BCUT2D eigenvalue weighted by Crippen LogP contribution is -2.53. The van der Waals surface area contributed by atoms with Crippen LogP contribution >= 0.6 is 0 Å². The van der Waals surface area contributed by atoms with Gasteiger partial charge in [0.05, 0.1) is 17.5 Å². The fourth-order valence-corrected chi connectivity index (χ4v) is 7.25. The second-order valence-corrected chi connectivity index (χ2v) is 21.1. The highest BCUT2D eigenvalue weighted by molar-refractivity contribution is 6.76. The van der Waals surface area contributed by atoms with Gasteiger partial charge in [-0.1, -0.05) is 50.0 Å². The zero-order valence-corrected chi connectivity index (χ0v) is 29.8. The predicted octanol–water partition coefficient (Wildman–Crippen LogP) is 4.90. The molecule has 11 nitrogen and oxygen atoms in total. The minimum absolute atomic E-state index is 0.0402. The van der Waals surface area contributed by atoms with E-state index < -0.39 is 19.3 Å². The van der Waals surface area contributed by atoms with Gasteiger partial charge in [0.2, 0.25) is 5.91 Å². The van der Waals surface area contributed by atoms with Gasteiger partial charge in [-0.25, -0.2) is 9.78 Å². The highest BCUT2D eigenvalue weighted by Crippen LogP contribution is 2.36. The summed E-state index contributed by atoms with van der Waals surface area (Å²) < 4.78 is 14.8. The van der Waals surface area contributed by atoms with Gasteiger partial charge in [-0.05, 0) is 57.7 Å². The third-order valence-electron chi connectivity index (χ3n) is 9.25. The van der Waals surface area contributed by atoms with E-state index in [4.69, 9.17) is 9.47 Å². The molecular formula is C35H51N5O6Si. The molecule has 0 radical (unpaired) electrons. The Balaban J connectivity index is 1.22. The summed E-state index contributed by atoms with van der Waals surface area (Å²) in [6.45, 7) is 15.2. The van der Waals surface area contributed by atoms with E-state index in [0.29, 0.717) is 69.8 Å². The van der Waals surface area contributed by atoms with Crippen molar-refractivity contribution in [1.82, 2.24) is 23.9 Å². The van der Waals surface area contributed by atoms with E-state index in [1.807, 2.05) is 66.8 Å². The van der Waals surface area contributed by atoms with E-state index in [0.717, 1.165) is 11.6 Å². The molecule has 4 heterocycles. The normalized spacial score (nSPS) is 20.4. The molecule has 2 aliphatic rings. The van der Waals surface area contributed by atoms with E-state index >= 15 is 0 Å². The summed E-state index contributed by atoms with van der Waals surface area (Å²) in [6.07, 6.45) is 4.18. The first-order valence-corrected chi connectivity index (χ1v) is 20.5. The maximum Gasteiger partial charge on any atom is 0.410 e. The van der Waals surface area contributed by atoms with Crippen LogP contribution in [0.25, 0.3) is 11.0 Å². The molecule has 2 saturated heterocycles. The number of nitrogens with zero attached hydrogens (tertiary/aromatic N) is 5. The summed E-state index contributed by atoms with van der Waals surface area (Å²) in [5, 5.41) is 12.0. The van der Waals surface area contributed by atoms with Crippen LogP contribution in [0.4, 0.5) is 4.79 Å². The summed E-state index contributed by atoms with van der Waals surface area (Å²) in [4.78, 5) is 48.4. The third kappa shape index (κ3) is 8.71. The quantitative estimate of drug-likeness (QED) is 0.255. The molecule has 5 rings (SSSR count). The Morgan fingerprint density at radius 1 is 1.02 bits per heavy atom. The molecule has 2 fully saturated rings. The number of piperidine rings is 2. The molecule has 2 amide bonds. The number of ether oxygens (including phenoxy) is 2. The Hall–Kier alpha value is -3.48. The Labute approximate surface area is 278 Å². The van der Waals surface area contributed by atoms with E-state index in [1.165, 1.54) is 10.9 Å². The molecule has 1 aromatic carbocycles. The summed E-state index contributed by atoms with van der Waals surface area (Å²) in [5.74, 6) is -0.418. The highest BCUT2D eigenvalue weighted by Gasteiger charge is 2.42. The molecule has 2 aromatic heterocycles. The molecule has 2 atom stereocenters. The van der Waals surface area contributed by atoms with Crippen LogP contribution in [-0.2, 0) is 27.5 Å². The van der Waals surface area contributed by atoms with Gasteiger partial charge in [0.1, 0.15) is 24.3 Å². The molecular weight excluding hydrogens is 615 g/mol. The predicted molar refractivity (Wildman–Crippen MR) is 184 cm³/mol. The van der Waals surface area contributed by atoms with Gasteiger partial charge in [-0.3, -0.25) is 14.2 Å². The Morgan fingerprint density at radius 3 is 2.38 bits per heavy atom. The molecule has 0 saturated carbocycles. The first kappa shape index (κ1) is 34.8. The zero-order chi connectivity index (χ0) is 34.0. The van der Waals surface area contributed by atoms with Crippen LogP contribution in [0.3, 0.4) is 0 Å². The number of likely N-dealkylation sites (tertiary alicyclic amines) is 2. The number of hydrogen-bond acceptors (Lipinski definition) is 7. The summed E-state index contributed by atoms with van der Waals surface area (Å²) >= 11 is 0. The number of carbonyl (C=O) groups excluding carboxylic acids is 2. The lowest BCUT2D eigenvalue weighted by molar-refractivity contribution is -0.142. The van der Waals surface area contributed by atoms with Crippen LogP contribution in [0.5, 0.6) is 0 Å². The number of aromatic nitrogens is 3. The van der Waals surface area contributed by atoms with Crippen molar-refractivity contribution in [3.8, 4) is 0 Å². The van der Waals surface area contributed by atoms with Gasteiger partial charge in [0, 0.05) is 58.9 Å². The molecule has 12 heteroatoms. The van der Waals surface area contributed by atoms with Crippen molar-refractivity contribution in [2.75, 3.05) is 32.8 Å². The van der Waals surface area contributed by atoms with Crippen LogP contribution in [0, 0.1) is 5.92 Å². The largest absolute Gasteiger partial charge is 0.444 e. The number of amides is 2. The first-order valence-electron chi connectivity index (χ1n) is 16.8. The van der Waals surface area contributed by atoms with Crippen molar-refractivity contribution in [2.24, 2.45) is 5.92 Å². The monoisotopic (exact) mass is 665 g/mol. The van der Waals surface area contributed by atoms with Crippen molar-refractivity contribution in [3.63, 3.8) is 0 Å². The van der Waals surface area contributed by atoms with Crippen LogP contribution < -0.4 is 5.56 Å². The zero-order valence-electron chi connectivity index (χ0n) is 28.8. The summed E-state index contributed by atoms with van der Waals surface area (Å²) in [7, 11) is -1.19. The van der Waals surface area contributed by atoms with Crippen molar-refractivity contribution in [2.45, 2.75) is 96.1 Å². The maximum absolute atomic E-state index is 14.0. The van der Waals surface area contributed by atoms with Crippen molar-refractivity contribution < 1.29 is 24.2 Å². The Bertz CT molecular complexity index is 1600. The number of aliphatic hydroxyl groups is 1. The van der Waals surface area contributed by atoms with Crippen molar-refractivity contribution >= 4 is 31.1 Å². The van der Waals surface area contributed by atoms with E-state index in [9.17, 15) is 19.5 Å². The van der Waals surface area contributed by atoms with Crippen molar-refractivity contribution in [1.29, 1.82) is 0 Å². The van der Waals surface area contributed by atoms with Gasteiger partial charge in [-0.15, -0.1) is 0 Å². The Morgan fingerprint density at radius 2 is 1.72 bits per heavy atom. The number of benzene rings is 1. The topological polar surface area (TPSA) is 119 Å². The second-order valence-electron chi connectivity index (χ2n) is 15.4. The molecule has 0 unspecified atom stereocenters. The van der Waals surface area contributed by atoms with Crippen LogP contribution in [-0.4, -0.2) is 93.1 Å². The number of hydrogen-bond donors (Lipinski definition) is 1. The lowest BCUT2D eigenvalue weighted by Gasteiger charge is -2.43. The van der Waals surface area contributed by atoms with Crippen LogP contribution in [0.1, 0.15) is 51.5 Å². The number of carbonyl (C=O) groups is 2. The molecule has 0 bridgehead atoms. The van der Waals surface area contributed by atoms with Gasteiger partial charge in [-0.2, -0.15) is 0 Å². The molecule has 1 N–H and O–H groups in total. The second kappa shape index (κ2) is 13.9. The van der Waals surface area contributed by atoms with Crippen LogP contribution in [0.2, 0.25) is 25.7 Å². The van der Waals surface area contributed by atoms with E-state index in [2.05, 4.69) is 24.6 Å². The van der Waals surface area contributed by atoms with E-state index in [-0.39, 0.29) is 35.9 Å². The fraction of sp³-hybridized carbons (Fsp3) is 0.600. The minimum atomic E-state index is -1.19. The molecule has 3 aromatic rings. The molecule has 0 spiro atoms. The SMILES string of the molecule is CC(C)(C)OC(=O)N1CC[C@@H](C(=O)N2CCC(O)(Cn3cnc4c(ccn4COCC[Si](C)(C)C)c3=O)CC2)[C@H](c2ccccc2)C1. The van der Waals surface area contributed by atoms with Gasteiger partial charge in [0.15, 0.2) is 0 Å². The maximum atomic E-state index is 14.0. The first-order chi connectivity index (χ1) is 22.1. The van der Waals surface area contributed by atoms with Crippen LogP contribution in [0.15, 0.2) is 53.7 Å². The average Bonchev–Trinajstić information content (AvgIpc) is 3.43.